The Morgan fingerprint density at radius 3 is 1.64 bits per heavy atom. The smallest absolute Gasteiger partial charge is 0.372 e. The van der Waals surface area contributed by atoms with E-state index in [2.05, 4.69) is 40.7 Å². The standard InChI is InChI=1S/C22H17N5O4.C22H17N5O3.C7H5ClO3/c28-20-18-7-2-10-23-21(18)27(25-19(20)22(29)24-14-8-9-14)15-4-1-5-16(12-15)31-17-6-3-11-26(30)13-17;28-20-18-7-3-11-24-21(18)27(26-19(20)22(29)25-14-8-9-14)15-4-1-5-16(12-15)30-17-6-2-10-23-13-17;8-6-3-1-2-5(4-6)7(9)11-10/h1-7,10-14H,8-9H2,(H-,24,29,30);1-7,10-14H,8-9H2,(H,25,29);1-4,10H/p+1. The third-order valence-corrected chi connectivity index (χ3v) is 10.9. The molecule has 0 atom stereocenters. The normalized spacial score (nSPS) is 12.6. The second-order valence-electron chi connectivity index (χ2n) is 16.1. The summed E-state index contributed by atoms with van der Waals surface area (Å²) < 4.78 is 15.5. The van der Waals surface area contributed by atoms with Gasteiger partial charge in [-0.25, -0.2) is 24.1 Å². The van der Waals surface area contributed by atoms with Gasteiger partial charge < -0.3 is 20.1 Å². The average Bonchev–Trinajstić information content (AvgIpc) is 4.36. The maximum absolute atomic E-state index is 12.9. The van der Waals surface area contributed by atoms with Gasteiger partial charge in [-0.15, -0.1) is 0 Å². The molecule has 0 unspecified atom stereocenters. The van der Waals surface area contributed by atoms with Crippen LogP contribution in [-0.2, 0) is 4.89 Å². The molecule has 72 heavy (non-hydrogen) atoms. The molecule has 9 aromatic rings. The Labute approximate surface area is 412 Å². The summed E-state index contributed by atoms with van der Waals surface area (Å²) in [5, 5.41) is 33.0. The molecule has 2 fully saturated rings. The third-order valence-electron chi connectivity index (χ3n) is 10.7. The number of rotatable bonds is 11. The fourth-order valence-electron chi connectivity index (χ4n) is 6.95. The van der Waals surface area contributed by atoms with E-state index in [4.69, 9.17) is 26.3 Å². The molecule has 2 aliphatic rings. The molecule has 3 aromatic carbocycles. The number of hydrogen-bond acceptors (Lipinski definition) is 15. The van der Waals surface area contributed by atoms with Gasteiger partial charge in [0, 0.05) is 58.6 Å². The van der Waals surface area contributed by atoms with E-state index in [1.54, 1.807) is 128 Å². The molecule has 2 aliphatic carbocycles. The van der Waals surface area contributed by atoms with Crippen LogP contribution in [0.5, 0.6) is 23.0 Å². The zero-order chi connectivity index (χ0) is 50.1. The Morgan fingerprint density at radius 1 is 0.625 bits per heavy atom. The van der Waals surface area contributed by atoms with Gasteiger partial charge in [-0.1, -0.05) is 29.8 Å². The molecule has 11 rings (SSSR count). The number of benzene rings is 3. The minimum absolute atomic E-state index is 0.101. The van der Waals surface area contributed by atoms with Gasteiger partial charge in [-0.2, -0.15) is 15.5 Å². The highest BCUT2D eigenvalue weighted by Gasteiger charge is 2.28. The van der Waals surface area contributed by atoms with Gasteiger partial charge in [0.05, 0.1) is 33.9 Å². The number of pyridine rings is 4. The largest absolute Gasteiger partial charge is 0.456 e. The Hall–Kier alpha value is -9.40. The number of amides is 2. The van der Waals surface area contributed by atoms with Gasteiger partial charge in [0.1, 0.15) is 17.2 Å². The molecular weight excluding hydrogens is 948 g/mol. The summed E-state index contributed by atoms with van der Waals surface area (Å²) in [6.07, 6.45) is 13.0. The number of ether oxygens (including phenoxy) is 2. The first-order valence-electron chi connectivity index (χ1n) is 22.2. The van der Waals surface area contributed by atoms with Gasteiger partial charge in [0.2, 0.25) is 17.1 Å². The predicted molar refractivity (Wildman–Crippen MR) is 259 cm³/mol. The summed E-state index contributed by atoms with van der Waals surface area (Å²) >= 11 is 5.56. The van der Waals surface area contributed by atoms with Crippen molar-refractivity contribution in [3.63, 3.8) is 0 Å². The first kappa shape index (κ1) is 47.7. The molecule has 0 bridgehead atoms. The second-order valence-corrected chi connectivity index (χ2v) is 16.6. The lowest BCUT2D eigenvalue weighted by molar-refractivity contribution is -0.904. The average molecular weight is 988 g/mol. The summed E-state index contributed by atoms with van der Waals surface area (Å²) in [4.78, 5) is 77.8. The van der Waals surface area contributed by atoms with Gasteiger partial charge >= 0.3 is 5.97 Å². The highest BCUT2D eigenvalue weighted by Crippen LogP contribution is 2.26. The van der Waals surface area contributed by atoms with Crippen molar-refractivity contribution in [2.24, 2.45) is 0 Å². The minimum atomic E-state index is -0.813. The quantitative estimate of drug-likeness (QED) is 0.0449. The highest BCUT2D eigenvalue weighted by atomic mass is 35.5. The van der Waals surface area contributed by atoms with Crippen LogP contribution in [-0.4, -0.2) is 74.8 Å². The molecule has 360 valence electrons. The molecule has 0 aliphatic heterocycles. The van der Waals surface area contributed by atoms with Crippen LogP contribution in [0.4, 0.5) is 0 Å². The van der Waals surface area contributed by atoms with E-state index in [1.807, 2.05) is 6.07 Å². The third kappa shape index (κ3) is 11.5. The Bertz CT molecular complexity index is 3610. The van der Waals surface area contributed by atoms with Crippen LogP contribution in [0.1, 0.15) is 57.0 Å². The van der Waals surface area contributed by atoms with Gasteiger partial charge in [0.25, 0.3) is 18.0 Å². The zero-order valence-corrected chi connectivity index (χ0v) is 38.4. The van der Waals surface area contributed by atoms with Crippen LogP contribution in [0.2, 0.25) is 5.02 Å². The number of halogens is 1. The molecule has 0 spiro atoms. The Kier molecular flexibility index (Phi) is 14.2. The number of carbonyl (C=O) groups excluding carboxylic acids is 3. The maximum atomic E-state index is 12.9. The van der Waals surface area contributed by atoms with E-state index in [9.17, 15) is 29.2 Å². The zero-order valence-electron chi connectivity index (χ0n) is 37.6. The molecule has 6 aromatic heterocycles. The topological polar surface area (TPSA) is 256 Å². The van der Waals surface area contributed by atoms with Crippen LogP contribution in [0, 0.1) is 0 Å². The first-order valence-corrected chi connectivity index (χ1v) is 22.6. The summed E-state index contributed by atoms with van der Waals surface area (Å²) in [5.74, 6) is 0.303. The first-order chi connectivity index (χ1) is 35.0. The second kappa shape index (κ2) is 21.5. The van der Waals surface area contributed by atoms with Crippen molar-refractivity contribution in [1.29, 1.82) is 0 Å². The van der Waals surface area contributed by atoms with Crippen LogP contribution >= 0.6 is 11.6 Å². The number of nitrogens with one attached hydrogen (secondary N) is 2. The van der Waals surface area contributed by atoms with Crippen molar-refractivity contribution < 1.29 is 43.9 Å². The van der Waals surface area contributed by atoms with Gasteiger partial charge in [-0.05, 0) is 111 Å². The van der Waals surface area contributed by atoms with Crippen LogP contribution < -0.4 is 35.7 Å². The van der Waals surface area contributed by atoms with Crippen molar-refractivity contribution in [3.05, 3.63) is 201 Å². The van der Waals surface area contributed by atoms with Crippen molar-refractivity contribution in [2.75, 3.05) is 0 Å². The lowest BCUT2D eigenvalue weighted by Gasteiger charge is -2.12. The molecule has 2 saturated carbocycles. The van der Waals surface area contributed by atoms with E-state index in [-0.39, 0.29) is 29.0 Å². The number of aromatic nitrogens is 8. The monoisotopic (exact) mass is 987 g/mol. The van der Waals surface area contributed by atoms with E-state index in [1.165, 1.54) is 33.9 Å². The predicted octanol–water partition coefficient (Wildman–Crippen LogP) is 6.82. The van der Waals surface area contributed by atoms with Crippen molar-refractivity contribution in [2.45, 2.75) is 37.8 Å². The van der Waals surface area contributed by atoms with E-state index >= 15 is 0 Å². The lowest BCUT2D eigenvalue weighted by atomic mass is 10.2. The molecule has 0 radical (unpaired) electrons. The fraction of sp³-hybridized carbons (Fsp3) is 0.118. The summed E-state index contributed by atoms with van der Waals surface area (Å²) in [6.45, 7) is 0. The van der Waals surface area contributed by atoms with E-state index in [0.29, 0.717) is 61.5 Å². The molecule has 0 saturated heterocycles. The molecular formula is C51H40ClN10O10+. The van der Waals surface area contributed by atoms with Crippen molar-refractivity contribution >= 4 is 51.5 Å². The number of fused-ring (bicyclic) bond motifs is 2. The molecule has 4 N–H and O–H groups in total. The maximum Gasteiger partial charge on any atom is 0.372 e. The number of carbonyl (C=O) groups is 3. The number of hydrogen-bond donors (Lipinski definition) is 4. The minimum Gasteiger partial charge on any atom is -0.456 e. The Balaban J connectivity index is 0.000000147. The summed E-state index contributed by atoms with van der Waals surface area (Å²) in [6, 6.07) is 34.0. The molecule has 2 amide bonds. The molecule has 21 heteroatoms. The Morgan fingerprint density at radius 2 is 1.14 bits per heavy atom. The van der Waals surface area contributed by atoms with Gasteiger partial charge in [-0.3, -0.25) is 34.3 Å². The van der Waals surface area contributed by atoms with Crippen molar-refractivity contribution in [1.82, 2.24) is 45.1 Å². The fourth-order valence-corrected chi connectivity index (χ4v) is 7.15. The van der Waals surface area contributed by atoms with Crippen molar-refractivity contribution in [3.8, 4) is 34.4 Å². The summed E-state index contributed by atoms with van der Waals surface area (Å²) in [5.41, 5.74) is 0.876. The molecule has 20 nitrogen and oxygen atoms in total. The van der Waals surface area contributed by atoms with Crippen LogP contribution in [0.15, 0.2) is 168 Å². The van der Waals surface area contributed by atoms with E-state index < -0.39 is 28.6 Å². The van der Waals surface area contributed by atoms with Crippen LogP contribution in [0.3, 0.4) is 0 Å². The van der Waals surface area contributed by atoms with E-state index in [0.717, 1.165) is 30.4 Å². The lowest BCUT2D eigenvalue weighted by Crippen LogP contribution is -2.33. The highest BCUT2D eigenvalue weighted by molar-refractivity contribution is 6.30. The SMILES string of the molecule is O=C(NC1CC1)c1nn(-c2cccc(Oc3ccc[n+](O)c3)c2)c2ncccc2c1=O.O=C(NC1CC1)c1nn(-c2cccc(Oc3cccnc3)c2)c2ncccc2c1=O.O=C(OO)c1cccc(Cl)c1. The summed E-state index contributed by atoms with van der Waals surface area (Å²) in [7, 11) is 0. The molecule has 6 heterocycles. The van der Waals surface area contributed by atoms with Crippen LogP contribution in [0.25, 0.3) is 33.4 Å². The number of nitrogens with zero attached hydrogens (tertiary/aromatic N) is 8. The van der Waals surface area contributed by atoms with Gasteiger partial charge in [0.15, 0.2) is 28.4 Å².